The number of nitrogens with one attached hydrogen (secondary N) is 1. The SMILES string of the molecule is CCNC(=O)[C@H](Cc1ccccc1)N(Cc1ccc(Cl)cc1Cl)C(=O)COc1cc(C)c(Cl)c(C)c1. The van der Waals surface area contributed by atoms with E-state index in [0.717, 1.165) is 16.7 Å². The van der Waals surface area contributed by atoms with Gasteiger partial charge in [-0.3, -0.25) is 9.59 Å². The van der Waals surface area contributed by atoms with Crippen molar-refractivity contribution < 1.29 is 14.3 Å². The highest BCUT2D eigenvalue weighted by molar-refractivity contribution is 6.35. The summed E-state index contributed by atoms with van der Waals surface area (Å²) in [5.41, 5.74) is 3.31. The number of aryl methyl sites for hydroxylation is 2. The monoisotopic (exact) mass is 546 g/mol. The maximum atomic E-state index is 13.6. The molecule has 1 atom stereocenters. The number of benzene rings is 3. The van der Waals surface area contributed by atoms with Crippen LogP contribution in [0.3, 0.4) is 0 Å². The molecule has 0 aliphatic rings. The van der Waals surface area contributed by atoms with Crippen LogP contribution >= 0.6 is 34.8 Å². The molecule has 0 saturated carbocycles. The van der Waals surface area contributed by atoms with Crippen LogP contribution < -0.4 is 10.1 Å². The highest BCUT2D eigenvalue weighted by Crippen LogP contribution is 2.27. The number of carbonyl (C=O) groups is 2. The molecule has 0 radical (unpaired) electrons. The molecule has 1 N–H and O–H groups in total. The quantitative estimate of drug-likeness (QED) is 0.319. The topological polar surface area (TPSA) is 58.6 Å². The van der Waals surface area contributed by atoms with Gasteiger partial charge in [-0.25, -0.2) is 0 Å². The number of ether oxygens (including phenoxy) is 1. The van der Waals surface area contributed by atoms with E-state index in [4.69, 9.17) is 39.5 Å². The number of likely N-dealkylation sites (N-methyl/N-ethyl adjacent to an activating group) is 1. The van der Waals surface area contributed by atoms with Gasteiger partial charge in [0.2, 0.25) is 5.91 Å². The Labute approximate surface area is 227 Å². The average molecular weight is 548 g/mol. The van der Waals surface area contributed by atoms with Crippen LogP contribution in [0.2, 0.25) is 15.1 Å². The lowest BCUT2D eigenvalue weighted by atomic mass is 10.0. The second-order valence-corrected chi connectivity index (χ2v) is 9.74. The second-order valence-electron chi connectivity index (χ2n) is 8.52. The first kappa shape index (κ1) is 27.9. The third-order valence-corrected chi connectivity index (χ3v) is 6.93. The molecule has 3 aromatic rings. The highest BCUT2D eigenvalue weighted by Gasteiger charge is 2.31. The van der Waals surface area contributed by atoms with Crippen LogP contribution in [0.5, 0.6) is 5.75 Å². The molecular formula is C28H29Cl3N2O3. The maximum Gasteiger partial charge on any atom is 0.261 e. The summed E-state index contributed by atoms with van der Waals surface area (Å²) in [6.45, 7) is 5.90. The molecule has 0 aliphatic heterocycles. The van der Waals surface area contributed by atoms with Crippen LogP contribution in [0.25, 0.3) is 0 Å². The van der Waals surface area contributed by atoms with Gasteiger partial charge in [0.1, 0.15) is 11.8 Å². The minimum atomic E-state index is -0.774. The number of carbonyl (C=O) groups excluding carboxylic acids is 2. The first-order chi connectivity index (χ1) is 17.2. The number of halogens is 3. The van der Waals surface area contributed by atoms with E-state index in [9.17, 15) is 9.59 Å². The molecule has 0 aromatic heterocycles. The van der Waals surface area contributed by atoms with Crippen LogP contribution in [0, 0.1) is 13.8 Å². The number of rotatable bonds is 10. The molecule has 5 nitrogen and oxygen atoms in total. The summed E-state index contributed by atoms with van der Waals surface area (Å²) < 4.78 is 5.86. The molecule has 0 unspecified atom stereocenters. The fraction of sp³-hybridized carbons (Fsp3) is 0.286. The van der Waals surface area contributed by atoms with Crippen molar-refractivity contribution >= 4 is 46.6 Å². The Morgan fingerprint density at radius 3 is 2.25 bits per heavy atom. The maximum absolute atomic E-state index is 13.6. The highest BCUT2D eigenvalue weighted by atomic mass is 35.5. The molecule has 0 spiro atoms. The molecular weight excluding hydrogens is 519 g/mol. The average Bonchev–Trinajstić information content (AvgIpc) is 2.85. The summed E-state index contributed by atoms with van der Waals surface area (Å²) in [6.07, 6.45) is 0.336. The molecule has 190 valence electrons. The van der Waals surface area contributed by atoms with Crippen molar-refractivity contribution in [1.29, 1.82) is 0 Å². The van der Waals surface area contributed by atoms with Crippen LogP contribution in [-0.4, -0.2) is 35.9 Å². The van der Waals surface area contributed by atoms with Crippen molar-refractivity contribution in [1.82, 2.24) is 10.2 Å². The molecule has 0 bridgehead atoms. The Balaban J connectivity index is 1.93. The minimum Gasteiger partial charge on any atom is -0.484 e. The van der Waals surface area contributed by atoms with E-state index in [-0.39, 0.29) is 25.0 Å². The molecule has 3 aromatic carbocycles. The van der Waals surface area contributed by atoms with E-state index >= 15 is 0 Å². The number of nitrogens with zero attached hydrogens (tertiary/aromatic N) is 1. The lowest BCUT2D eigenvalue weighted by Gasteiger charge is -2.31. The van der Waals surface area contributed by atoms with Crippen LogP contribution in [-0.2, 0) is 22.6 Å². The number of hydrogen-bond donors (Lipinski definition) is 1. The Bertz CT molecular complexity index is 1190. The summed E-state index contributed by atoms with van der Waals surface area (Å²) in [6, 6.07) is 17.5. The predicted molar refractivity (Wildman–Crippen MR) is 146 cm³/mol. The molecule has 0 aliphatic carbocycles. The molecule has 8 heteroatoms. The standard InChI is InChI=1S/C28H29Cl3N2O3/c1-4-32-28(35)25(14-20-8-6-5-7-9-20)33(16-21-10-11-22(29)15-24(21)30)26(34)17-36-23-12-18(2)27(31)19(3)13-23/h5-13,15,25H,4,14,16-17H2,1-3H3,(H,32,35)/t25-/m0/s1. The summed E-state index contributed by atoms with van der Waals surface area (Å²) in [4.78, 5) is 28.3. The predicted octanol–water partition coefficient (Wildman–Crippen LogP) is 6.42. The van der Waals surface area contributed by atoms with Gasteiger partial charge >= 0.3 is 0 Å². The summed E-state index contributed by atoms with van der Waals surface area (Å²) in [5.74, 6) is -0.0683. The second kappa shape index (κ2) is 13.0. The lowest BCUT2D eigenvalue weighted by Crippen LogP contribution is -2.51. The fourth-order valence-electron chi connectivity index (χ4n) is 3.90. The van der Waals surface area contributed by atoms with Gasteiger partial charge in [0, 0.05) is 34.6 Å². The van der Waals surface area contributed by atoms with Crippen LogP contribution in [0.4, 0.5) is 0 Å². The van der Waals surface area contributed by atoms with Gasteiger partial charge < -0.3 is 15.0 Å². The molecule has 36 heavy (non-hydrogen) atoms. The van der Waals surface area contributed by atoms with E-state index in [1.807, 2.05) is 51.1 Å². The van der Waals surface area contributed by atoms with Gasteiger partial charge in [-0.2, -0.15) is 0 Å². The smallest absolute Gasteiger partial charge is 0.261 e. The lowest BCUT2D eigenvalue weighted by molar-refractivity contribution is -0.142. The third kappa shape index (κ3) is 7.39. The zero-order valence-electron chi connectivity index (χ0n) is 20.5. The van der Waals surface area contributed by atoms with E-state index in [0.29, 0.717) is 39.3 Å². The van der Waals surface area contributed by atoms with E-state index in [2.05, 4.69) is 5.32 Å². The van der Waals surface area contributed by atoms with E-state index < -0.39 is 6.04 Å². The Morgan fingerprint density at radius 2 is 1.64 bits per heavy atom. The summed E-state index contributed by atoms with van der Waals surface area (Å²) in [5, 5.41) is 4.43. The number of hydrogen-bond acceptors (Lipinski definition) is 3. The zero-order chi connectivity index (χ0) is 26.2. The molecule has 2 amide bonds. The Hall–Kier alpha value is -2.73. The van der Waals surface area contributed by atoms with Gasteiger partial charge in [0.05, 0.1) is 0 Å². The Kier molecular flexibility index (Phi) is 10.1. The van der Waals surface area contributed by atoms with Gasteiger partial charge in [-0.1, -0.05) is 71.2 Å². The van der Waals surface area contributed by atoms with E-state index in [1.54, 1.807) is 30.3 Å². The van der Waals surface area contributed by atoms with Crippen molar-refractivity contribution in [3.05, 3.63) is 98.0 Å². The van der Waals surface area contributed by atoms with Crippen LogP contribution in [0.1, 0.15) is 29.2 Å². The van der Waals surface area contributed by atoms with Crippen molar-refractivity contribution in [2.75, 3.05) is 13.2 Å². The fourth-order valence-corrected chi connectivity index (χ4v) is 4.47. The molecule has 0 heterocycles. The van der Waals surface area contributed by atoms with E-state index in [1.165, 1.54) is 4.90 Å². The van der Waals surface area contributed by atoms with Gasteiger partial charge in [-0.15, -0.1) is 0 Å². The third-order valence-electron chi connectivity index (χ3n) is 5.75. The minimum absolute atomic E-state index is 0.117. The first-order valence-corrected chi connectivity index (χ1v) is 12.8. The summed E-state index contributed by atoms with van der Waals surface area (Å²) in [7, 11) is 0. The molecule has 0 saturated heterocycles. The van der Waals surface area contributed by atoms with Crippen molar-refractivity contribution in [2.24, 2.45) is 0 Å². The first-order valence-electron chi connectivity index (χ1n) is 11.6. The Morgan fingerprint density at radius 1 is 0.972 bits per heavy atom. The van der Waals surface area contributed by atoms with Crippen molar-refractivity contribution in [3.63, 3.8) is 0 Å². The van der Waals surface area contributed by atoms with Gasteiger partial charge in [0.25, 0.3) is 5.91 Å². The summed E-state index contributed by atoms with van der Waals surface area (Å²) >= 11 is 18.8. The molecule has 3 rings (SSSR count). The molecule has 0 fully saturated rings. The van der Waals surface area contributed by atoms with Crippen molar-refractivity contribution in [3.8, 4) is 5.75 Å². The number of amides is 2. The zero-order valence-corrected chi connectivity index (χ0v) is 22.8. The van der Waals surface area contributed by atoms with Gasteiger partial charge in [-0.05, 0) is 67.3 Å². The van der Waals surface area contributed by atoms with Crippen molar-refractivity contribution in [2.45, 2.75) is 39.8 Å². The largest absolute Gasteiger partial charge is 0.484 e. The van der Waals surface area contributed by atoms with Gasteiger partial charge in [0.15, 0.2) is 6.61 Å². The normalized spacial score (nSPS) is 11.6. The van der Waals surface area contributed by atoms with Crippen LogP contribution in [0.15, 0.2) is 60.7 Å².